The van der Waals surface area contributed by atoms with Crippen LogP contribution in [0.4, 0.5) is 0 Å². The monoisotopic (exact) mass is 270 g/mol. The Bertz CT molecular complexity index is 539. The lowest BCUT2D eigenvalue weighted by atomic mass is 10.0. The summed E-state index contributed by atoms with van der Waals surface area (Å²) in [5.41, 5.74) is 5.96. The predicted molar refractivity (Wildman–Crippen MR) is 66.4 cm³/mol. The van der Waals surface area contributed by atoms with Crippen molar-refractivity contribution in [3.05, 3.63) is 12.0 Å². The highest BCUT2D eigenvalue weighted by molar-refractivity contribution is 7.89. The van der Waals surface area contributed by atoms with Gasteiger partial charge in [0.2, 0.25) is 0 Å². The van der Waals surface area contributed by atoms with Crippen LogP contribution in [-0.4, -0.2) is 40.8 Å². The van der Waals surface area contributed by atoms with Crippen molar-refractivity contribution >= 4 is 10.0 Å². The van der Waals surface area contributed by atoms with Gasteiger partial charge in [0.15, 0.2) is 5.03 Å². The van der Waals surface area contributed by atoms with Crippen molar-refractivity contribution in [2.75, 3.05) is 0 Å². The molecule has 3 N–H and O–H groups in total. The third kappa shape index (κ3) is 1.77. The Morgan fingerprint density at radius 1 is 1.39 bits per heavy atom. The number of aromatic amines is 1. The van der Waals surface area contributed by atoms with E-state index in [1.165, 1.54) is 6.20 Å². The van der Waals surface area contributed by atoms with Gasteiger partial charge in [-0.3, -0.25) is 0 Å². The Kier molecular flexibility index (Phi) is 2.72. The van der Waals surface area contributed by atoms with E-state index in [1.54, 1.807) is 11.2 Å². The lowest BCUT2D eigenvalue weighted by Gasteiger charge is -2.36. The van der Waals surface area contributed by atoms with Crippen molar-refractivity contribution in [2.24, 2.45) is 5.73 Å². The van der Waals surface area contributed by atoms with Gasteiger partial charge in [0.1, 0.15) is 5.82 Å². The Balaban J connectivity index is 1.96. The molecule has 0 saturated carbocycles. The van der Waals surface area contributed by atoms with Gasteiger partial charge >= 0.3 is 0 Å². The van der Waals surface area contributed by atoms with Crippen molar-refractivity contribution in [1.29, 1.82) is 0 Å². The second-order valence-corrected chi connectivity index (χ2v) is 7.10. The molecule has 2 bridgehead atoms. The SMILES string of the molecule is Cc1ncc(S(=O)(=O)N2C3CCC2CC(N)C3)[nH]1. The van der Waals surface area contributed by atoms with Gasteiger partial charge in [-0.25, -0.2) is 13.4 Å². The van der Waals surface area contributed by atoms with E-state index in [0.717, 1.165) is 25.7 Å². The first-order valence-corrected chi connectivity index (χ1v) is 7.73. The van der Waals surface area contributed by atoms with Crippen LogP contribution in [0.25, 0.3) is 0 Å². The van der Waals surface area contributed by atoms with Crippen LogP contribution >= 0.6 is 0 Å². The number of rotatable bonds is 2. The number of fused-ring (bicyclic) bond motifs is 2. The molecule has 100 valence electrons. The number of aromatic nitrogens is 2. The normalized spacial score (nSPS) is 32.9. The second-order valence-electron chi connectivity index (χ2n) is 5.28. The zero-order chi connectivity index (χ0) is 12.9. The molecule has 2 aliphatic heterocycles. The second kappa shape index (κ2) is 4.04. The maximum atomic E-state index is 12.6. The van der Waals surface area contributed by atoms with Crippen LogP contribution in [0.15, 0.2) is 11.2 Å². The number of imidazole rings is 1. The maximum Gasteiger partial charge on any atom is 0.260 e. The number of sulfonamides is 1. The molecule has 3 heterocycles. The summed E-state index contributed by atoms with van der Waals surface area (Å²) in [6.45, 7) is 1.75. The average Bonchev–Trinajstić information content (AvgIpc) is 2.83. The van der Waals surface area contributed by atoms with E-state index >= 15 is 0 Å². The van der Waals surface area contributed by atoms with Crippen LogP contribution in [0.2, 0.25) is 0 Å². The number of nitrogens with one attached hydrogen (secondary N) is 1. The van der Waals surface area contributed by atoms with Crippen LogP contribution in [0.5, 0.6) is 0 Å². The Hall–Kier alpha value is -0.920. The summed E-state index contributed by atoms with van der Waals surface area (Å²) in [5.74, 6) is 0.620. The summed E-state index contributed by atoms with van der Waals surface area (Å²) >= 11 is 0. The van der Waals surface area contributed by atoms with Crippen LogP contribution in [-0.2, 0) is 10.0 Å². The fraction of sp³-hybridized carbons (Fsp3) is 0.727. The minimum atomic E-state index is -3.44. The first-order valence-electron chi connectivity index (χ1n) is 6.29. The molecule has 3 rings (SSSR count). The van der Waals surface area contributed by atoms with Gasteiger partial charge in [-0.15, -0.1) is 0 Å². The van der Waals surface area contributed by atoms with Gasteiger partial charge in [-0.1, -0.05) is 0 Å². The lowest BCUT2D eigenvalue weighted by molar-refractivity contribution is 0.227. The molecule has 1 aromatic rings. The minimum absolute atomic E-state index is 0.0624. The largest absolute Gasteiger partial charge is 0.332 e. The molecule has 0 amide bonds. The molecule has 6 nitrogen and oxygen atoms in total. The molecule has 2 fully saturated rings. The molecule has 2 saturated heterocycles. The van der Waals surface area contributed by atoms with Crippen molar-refractivity contribution in [3.8, 4) is 0 Å². The summed E-state index contributed by atoms with van der Waals surface area (Å²) in [5, 5.41) is 0.201. The van der Waals surface area contributed by atoms with Gasteiger partial charge in [-0.2, -0.15) is 4.31 Å². The van der Waals surface area contributed by atoms with Gasteiger partial charge in [0.25, 0.3) is 10.0 Å². The number of hydrogen-bond donors (Lipinski definition) is 2. The molecule has 18 heavy (non-hydrogen) atoms. The van der Waals surface area contributed by atoms with Crippen LogP contribution in [0.1, 0.15) is 31.5 Å². The third-order valence-corrected chi connectivity index (χ3v) is 5.85. The number of H-pyrrole nitrogens is 1. The summed E-state index contributed by atoms with van der Waals surface area (Å²) in [6.07, 6.45) is 4.78. The molecule has 0 spiro atoms. The Morgan fingerprint density at radius 3 is 2.50 bits per heavy atom. The topological polar surface area (TPSA) is 92.1 Å². The number of hydrogen-bond acceptors (Lipinski definition) is 4. The van der Waals surface area contributed by atoms with Crippen LogP contribution in [0, 0.1) is 6.92 Å². The van der Waals surface area contributed by atoms with E-state index in [4.69, 9.17) is 5.73 Å². The molecular weight excluding hydrogens is 252 g/mol. The summed E-state index contributed by atoms with van der Waals surface area (Å²) in [4.78, 5) is 6.80. The van der Waals surface area contributed by atoms with E-state index < -0.39 is 10.0 Å². The van der Waals surface area contributed by atoms with Crippen LogP contribution in [0.3, 0.4) is 0 Å². The number of nitrogens with zero attached hydrogens (tertiary/aromatic N) is 2. The van der Waals surface area contributed by atoms with E-state index in [1.807, 2.05) is 0 Å². The van der Waals surface area contributed by atoms with Gasteiger partial charge in [0.05, 0.1) is 6.20 Å². The third-order valence-electron chi connectivity index (χ3n) is 3.94. The molecule has 0 aromatic carbocycles. The molecule has 2 atom stereocenters. The molecule has 1 aromatic heterocycles. The van der Waals surface area contributed by atoms with Gasteiger partial charge < -0.3 is 10.7 Å². The fourth-order valence-electron chi connectivity index (χ4n) is 3.21. The smallest absolute Gasteiger partial charge is 0.260 e. The highest BCUT2D eigenvalue weighted by atomic mass is 32.2. The Labute approximate surface area is 107 Å². The molecule has 2 unspecified atom stereocenters. The van der Waals surface area contributed by atoms with E-state index in [2.05, 4.69) is 9.97 Å². The Morgan fingerprint density at radius 2 is 2.00 bits per heavy atom. The number of aryl methyl sites for hydroxylation is 1. The highest BCUT2D eigenvalue weighted by Gasteiger charge is 2.46. The molecular formula is C11H18N4O2S. The zero-order valence-corrected chi connectivity index (χ0v) is 11.2. The average molecular weight is 270 g/mol. The van der Waals surface area contributed by atoms with Crippen molar-refractivity contribution in [2.45, 2.75) is 55.8 Å². The van der Waals surface area contributed by atoms with Crippen molar-refractivity contribution < 1.29 is 8.42 Å². The van der Waals surface area contributed by atoms with Gasteiger partial charge in [0, 0.05) is 18.1 Å². The van der Waals surface area contributed by atoms with Crippen molar-refractivity contribution in [1.82, 2.24) is 14.3 Å². The molecule has 2 aliphatic rings. The fourth-order valence-corrected chi connectivity index (χ4v) is 5.07. The first kappa shape index (κ1) is 12.1. The summed E-state index contributed by atoms with van der Waals surface area (Å²) < 4.78 is 26.8. The first-order chi connectivity index (χ1) is 8.48. The quantitative estimate of drug-likeness (QED) is 0.811. The van der Waals surface area contributed by atoms with E-state index in [9.17, 15) is 8.42 Å². The van der Waals surface area contributed by atoms with E-state index in [-0.39, 0.29) is 23.2 Å². The standard InChI is InChI=1S/C11H18N4O2S/c1-7-13-6-11(14-7)18(16,17)15-9-2-3-10(15)5-8(12)4-9/h6,8-10H,2-5,12H2,1H3,(H,13,14). The lowest BCUT2D eigenvalue weighted by Crippen LogP contribution is -2.50. The maximum absolute atomic E-state index is 12.6. The van der Waals surface area contributed by atoms with Gasteiger partial charge in [-0.05, 0) is 32.6 Å². The van der Waals surface area contributed by atoms with E-state index in [0.29, 0.717) is 5.82 Å². The highest BCUT2D eigenvalue weighted by Crippen LogP contribution is 2.38. The minimum Gasteiger partial charge on any atom is -0.332 e. The molecule has 0 radical (unpaired) electrons. The predicted octanol–water partition coefficient (Wildman–Crippen LogP) is 0.361. The zero-order valence-electron chi connectivity index (χ0n) is 10.3. The van der Waals surface area contributed by atoms with Crippen molar-refractivity contribution in [3.63, 3.8) is 0 Å². The summed E-state index contributed by atoms with van der Waals surface area (Å²) in [6, 6.07) is 0.261. The molecule has 0 aliphatic carbocycles. The molecule has 7 heteroatoms. The van der Waals surface area contributed by atoms with Crippen LogP contribution < -0.4 is 5.73 Å². The number of piperidine rings is 1. The number of nitrogens with two attached hydrogens (primary N) is 1. The summed E-state index contributed by atoms with van der Waals surface area (Å²) in [7, 11) is -3.44.